The lowest BCUT2D eigenvalue weighted by atomic mass is 9.66. The van der Waals surface area contributed by atoms with Crippen LogP contribution in [0.4, 0.5) is 13.2 Å². The quantitative estimate of drug-likeness (QED) is 0.0845. The van der Waals surface area contributed by atoms with Crippen molar-refractivity contribution in [3.8, 4) is 11.1 Å². The lowest BCUT2D eigenvalue weighted by molar-refractivity contribution is 0.0564. The maximum Gasteiger partial charge on any atom is 0.399 e. The number of benzene rings is 5. The summed E-state index contributed by atoms with van der Waals surface area (Å²) in [6, 6.07) is 33.2. The van der Waals surface area contributed by atoms with E-state index >= 15 is 0 Å². The van der Waals surface area contributed by atoms with Crippen molar-refractivity contribution in [3.63, 3.8) is 0 Å². The molecule has 10 heteroatoms. The molecule has 5 aromatic carbocycles. The predicted molar refractivity (Wildman–Crippen MR) is 172 cm³/mol. The molecule has 0 saturated carbocycles. The number of Topliss-reactive ketones (excluding diaryl/α,β-unsaturated/α-hetero) is 1. The van der Waals surface area contributed by atoms with Gasteiger partial charge in [0.15, 0.2) is 5.78 Å². The molecule has 0 fully saturated rings. The Morgan fingerprint density at radius 2 is 1.13 bits per heavy atom. The number of esters is 1. The van der Waals surface area contributed by atoms with Gasteiger partial charge >= 0.3 is 19.2 Å². The molecule has 2 N–H and O–H groups in total. The number of alkyl halides is 2. The normalized spacial score (nSPS) is 13.1. The Kier molecular flexibility index (Phi) is 9.63. The molecular weight excluding hydrogens is 628 g/mol. The highest BCUT2D eigenvalue weighted by molar-refractivity contribution is 7.52. The summed E-state index contributed by atoms with van der Waals surface area (Å²) in [4.78, 5) is 45.3. The van der Waals surface area contributed by atoms with E-state index in [1.54, 1.807) is 12.1 Å². The van der Waals surface area contributed by atoms with Crippen LogP contribution in [0.25, 0.3) is 11.1 Å². The molecule has 0 aliphatic heterocycles. The fourth-order valence-electron chi connectivity index (χ4n) is 5.61. The molecule has 5 aromatic rings. The van der Waals surface area contributed by atoms with Gasteiger partial charge in [0.05, 0.1) is 18.1 Å². The second-order valence-corrected chi connectivity index (χ2v) is 12.8. The first-order chi connectivity index (χ1) is 22.3. The van der Waals surface area contributed by atoms with E-state index in [0.717, 1.165) is 28.8 Å². The predicted octanol–water partition coefficient (Wildman–Crippen LogP) is 8.11. The number of ether oxygens (including phenoxy) is 1. The number of carbonyl (C=O) groups is 2. The summed E-state index contributed by atoms with van der Waals surface area (Å²) in [7, 11) is -4.55. The number of methoxy groups -OCH3 is 1. The van der Waals surface area contributed by atoms with Crippen LogP contribution in [0.5, 0.6) is 0 Å². The van der Waals surface area contributed by atoms with Crippen LogP contribution in [-0.2, 0) is 33.2 Å². The van der Waals surface area contributed by atoms with Gasteiger partial charge in [0, 0.05) is 11.1 Å². The second kappa shape index (κ2) is 13.5. The molecule has 0 spiro atoms. The van der Waals surface area contributed by atoms with Crippen LogP contribution < -0.4 is 0 Å². The Morgan fingerprint density at radius 1 is 0.660 bits per heavy atom. The lowest BCUT2D eigenvalue weighted by Gasteiger charge is -2.34. The number of ketones is 1. The van der Waals surface area contributed by atoms with Crippen molar-refractivity contribution in [2.45, 2.75) is 23.9 Å². The largest absolute Gasteiger partial charge is 0.465 e. The van der Waals surface area contributed by atoms with Crippen molar-refractivity contribution in [2.24, 2.45) is 0 Å². The van der Waals surface area contributed by atoms with E-state index in [0.29, 0.717) is 11.1 Å². The number of carbonyl (C=O) groups excluding carboxylic acids is 2. The van der Waals surface area contributed by atoms with Crippen LogP contribution in [0.1, 0.15) is 43.0 Å². The minimum Gasteiger partial charge on any atom is -0.465 e. The average Bonchev–Trinajstić information content (AvgIpc) is 3.08. The Morgan fingerprint density at radius 3 is 1.64 bits per heavy atom. The van der Waals surface area contributed by atoms with Crippen molar-refractivity contribution in [1.82, 2.24) is 0 Å². The molecule has 0 heterocycles. The van der Waals surface area contributed by atoms with E-state index in [1.807, 2.05) is 54.6 Å². The second-order valence-electron chi connectivity index (χ2n) is 11.2. The zero-order valence-corrected chi connectivity index (χ0v) is 26.0. The third kappa shape index (κ3) is 7.13. The van der Waals surface area contributed by atoms with Crippen LogP contribution in [0.3, 0.4) is 0 Å². The lowest BCUT2D eigenvalue weighted by Crippen LogP contribution is -2.41. The summed E-state index contributed by atoms with van der Waals surface area (Å²) in [6.07, 6.45) is 0.0826. The minimum atomic E-state index is -5.80. The Labute approximate surface area is 269 Å². The molecule has 47 heavy (non-hydrogen) atoms. The van der Waals surface area contributed by atoms with Crippen molar-refractivity contribution in [1.29, 1.82) is 0 Å². The molecule has 0 aliphatic carbocycles. The van der Waals surface area contributed by atoms with Crippen LogP contribution in [0.15, 0.2) is 127 Å². The van der Waals surface area contributed by atoms with Gasteiger partial charge in [-0.3, -0.25) is 9.36 Å². The highest BCUT2D eigenvalue weighted by Gasteiger charge is 2.50. The Hall–Kier alpha value is -4.82. The first kappa shape index (κ1) is 33.5. The molecule has 240 valence electrons. The van der Waals surface area contributed by atoms with E-state index in [2.05, 4.69) is 0 Å². The van der Waals surface area contributed by atoms with Gasteiger partial charge in [-0.15, -0.1) is 0 Å². The number of hydrogen-bond donors (Lipinski definition) is 2. The van der Waals surface area contributed by atoms with Gasteiger partial charge in [0.1, 0.15) is 5.82 Å². The fraction of sp³-hybridized carbons (Fsp3) is 0.135. The Bertz CT molecular complexity index is 1910. The monoisotopic (exact) mass is 658 g/mol. The minimum absolute atomic E-state index is 0.0387. The van der Waals surface area contributed by atoms with Crippen molar-refractivity contribution in [2.75, 3.05) is 7.11 Å². The number of rotatable bonds is 11. The summed E-state index contributed by atoms with van der Waals surface area (Å²) >= 11 is 0. The summed E-state index contributed by atoms with van der Waals surface area (Å²) in [6.45, 7) is 0. The van der Waals surface area contributed by atoms with Crippen LogP contribution in [-0.4, -0.2) is 28.6 Å². The van der Waals surface area contributed by atoms with Crippen molar-refractivity contribution in [3.05, 3.63) is 167 Å². The molecule has 0 saturated heterocycles. The molecule has 1 atom stereocenters. The van der Waals surface area contributed by atoms with Crippen LogP contribution in [0, 0.1) is 5.82 Å². The smallest absolute Gasteiger partial charge is 0.399 e. The highest BCUT2D eigenvalue weighted by atomic mass is 31.2. The van der Waals surface area contributed by atoms with Gasteiger partial charge in [-0.25, -0.2) is 9.18 Å². The van der Waals surface area contributed by atoms with Gasteiger partial charge in [-0.1, -0.05) is 91.0 Å². The average molecular weight is 659 g/mol. The van der Waals surface area contributed by atoms with E-state index in [4.69, 9.17) is 4.74 Å². The summed E-state index contributed by atoms with van der Waals surface area (Å²) in [5.41, 5.74) is -2.60. The maximum absolute atomic E-state index is 14.7. The summed E-state index contributed by atoms with van der Waals surface area (Å²) in [5, 5.41) is 0. The SMILES string of the molecule is COC(=O)c1ccc(C(Cc2ccc(-c3ccccc3)cc2)(Cc2ccc(C(F)(F)P(=O)(O)O)cc2)C(=O)c2ccc(F)cc2)cc1. The zero-order valence-electron chi connectivity index (χ0n) is 25.1. The number of halogens is 3. The first-order valence-corrected chi connectivity index (χ1v) is 16.1. The molecule has 0 aromatic heterocycles. The summed E-state index contributed by atoms with van der Waals surface area (Å²) in [5.74, 6) is -1.50. The molecule has 5 rings (SSSR count). The topological polar surface area (TPSA) is 101 Å². The van der Waals surface area contributed by atoms with Gasteiger partial charge in [0.2, 0.25) is 0 Å². The van der Waals surface area contributed by atoms with Gasteiger partial charge in [-0.2, -0.15) is 8.78 Å². The van der Waals surface area contributed by atoms with Crippen molar-refractivity contribution < 1.29 is 41.8 Å². The van der Waals surface area contributed by atoms with E-state index in [1.165, 1.54) is 55.6 Å². The molecule has 0 amide bonds. The molecular formula is C37H30F3O6P. The van der Waals surface area contributed by atoms with E-state index in [9.17, 15) is 37.1 Å². The van der Waals surface area contributed by atoms with Crippen molar-refractivity contribution >= 4 is 19.3 Å². The van der Waals surface area contributed by atoms with Crippen LogP contribution >= 0.6 is 7.60 Å². The van der Waals surface area contributed by atoms with Gasteiger partial charge < -0.3 is 14.5 Å². The standard InChI is InChI=1S/C37H30F3O6P/c1-46-35(42)30-13-19-31(20-14-30)36(34(41)29-15-21-33(38)22-16-29,23-25-7-11-28(12-8-25)27-5-3-2-4-6-27)24-26-9-17-32(18-10-26)37(39,40)47(43,44)45/h2-22H,23-24H2,1H3,(H2,43,44,45). The fourth-order valence-corrected chi connectivity index (χ4v) is 6.10. The van der Waals surface area contributed by atoms with Gasteiger partial charge in [0.25, 0.3) is 0 Å². The van der Waals surface area contributed by atoms with Crippen LogP contribution in [0.2, 0.25) is 0 Å². The molecule has 1 unspecified atom stereocenters. The molecule has 0 radical (unpaired) electrons. The number of hydrogen-bond acceptors (Lipinski definition) is 4. The van der Waals surface area contributed by atoms with E-state index < -0.39 is 36.0 Å². The van der Waals surface area contributed by atoms with Gasteiger partial charge in [-0.05, 0) is 77.1 Å². The molecule has 6 nitrogen and oxygen atoms in total. The summed E-state index contributed by atoms with van der Waals surface area (Å²) < 4.78 is 59.2. The highest BCUT2D eigenvalue weighted by Crippen LogP contribution is 2.59. The third-order valence-electron chi connectivity index (χ3n) is 8.14. The third-order valence-corrected chi connectivity index (χ3v) is 9.13. The zero-order chi connectivity index (χ0) is 33.8. The van der Waals surface area contributed by atoms with E-state index in [-0.39, 0.29) is 29.8 Å². The molecule has 0 bridgehead atoms. The maximum atomic E-state index is 14.7. The Balaban J connectivity index is 1.65. The molecule has 0 aliphatic rings. The first-order valence-electron chi connectivity index (χ1n) is 14.5.